The fourth-order valence-electron chi connectivity index (χ4n) is 2.40. The Labute approximate surface area is 144 Å². The Bertz CT molecular complexity index is 528. The van der Waals surface area contributed by atoms with E-state index in [2.05, 4.69) is 10.6 Å². The number of hydrogen-bond acceptors (Lipinski definition) is 4. The number of benzene rings is 1. The Morgan fingerprint density at radius 1 is 1.04 bits per heavy atom. The Hall–Kier alpha value is -1.92. The zero-order valence-electron chi connectivity index (χ0n) is 15.2. The first-order valence-corrected chi connectivity index (χ1v) is 8.43. The van der Waals surface area contributed by atoms with Crippen molar-refractivity contribution in [2.24, 2.45) is 11.1 Å². The van der Waals surface area contributed by atoms with Crippen molar-refractivity contribution in [3.8, 4) is 0 Å². The standard InChI is InChI=1S/C18H30N4O2/c1-5-18(6-2,13-19)17(24)21-15-9-7-14(8-10-15)20-16(23)11-12-22(3)4/h7-10H,5-6,11-13,19H2,1-4H3,(H,20,23)(H,21,24). The van der Waals surface area contributed by atoms with Gasteiger partial charge in [0.2, 0.25) is 11.8 Å². The zero-order valence-corrected chi connectivity index (χ0v) is 15.2. The smallest absolute Gasteiger partial charge is 0.231 e. The van der Waals surface area contributed by atoms with Crippen LogP contribution in [-0.4, -0.2) is 43.9 Å². The molecule has 6 heteroatoms. The van der Waals surface area contributed by atoms with Crippen LogP contribution >= 0.6 is 0 Å². The SMILES string of the molecule is CCC(CC)(CN)C(=O)Nc1ccc(NC(=O)CCN(C)C)cc1. The van der Waals surface area contributed by atoms with Gasteiger partial charge in [-0.1, -0.05) is 13.8 Å². The molecule has 1 aromatic carbocycles. The Morgan fingerprint density at radius 2 is 1.54 bits per heavy atom. The number of carbonyl (C=O) groups is 2. The molecule has 1 aromatic rings. The molecule has 1 rings (SSSR count). The Balaban J connectivity index is 2.64. The van der Waals surface area contributed by atoms with Gasteiger partial charge >= 0.3 is 0 Å². The molecule has 0 aliphatic heterocycles. The summed E-state index contributed by atoms with van der Waals surface area (Å²) in [5.74, 6) is -0.0858. The second-order valence-electron chi connectivity index (χ2n) is 6.32. The highest BCUT2D eigenvalue weighted by Crippen LogP contribution is 2.27. The van der Waals surface area contributed by atoms with Crippen LogP contribution in [-0.2, 0) is 9.59 Å². The minimum absolute atomic E-state index is 0.0281. The third-order valence-electron chi connectivity index (χ3n) is 4.44. The molecule has 0 bridgehead atoms. The number of hydrogen-bond donors (Lipinski definition) is 3. The largest absolute Gasteiger partial charge is 0.329 e. The summed E-state index contributed by atoms with van der Waals surface area (Å²) in [5, 5.41) is 5.76. The molecule has 0 aliphatic carbocycles. The summed E-state index contributed by atoms with van der Waals surface area (Å²) in [5.41, 5.74) is 6.69. The topological polar surface area (TPSA) is 87.5 Å². The molecule has 0 aromatic heterocycles. The van der Waals surface area contributed by atoms with Crippen LogP contribution in [0.3, 0.4) is 0 Å². The minimum atomic E-state index is -0.529. The van der Waals surface area contributed by atoms with Gasteiger partial charge in [-0.15, -0.1) is 0 Å². The molecule has 0 fully saturated rings. The van der Waals surface area contributed by atoms with E-state index in [-0.39, 0.29) is 11.8 Å². The summed E-state index contributed by atoms with van der Waals surface area (Å²) >= 11 is 0. The number of nitrogens with two attached hydrogens (primary N) is 1. The van der Waals surface area contributed by atoms with E-state index in [0.717, 1.165) is 0 Å². The van der Waals surface area contributed by atoms with Gasteiger partial charge < -0.3 is 21.3 Å². The second kappa shape index (κ2) is 9.39. The predicted molar refractivity (Wildman–Crippen MR) is 98.9 cm³/mol. The predicted octanol–water partition coefficient (Wildman–Crippen LogP) is 2.28. The summed E-state index contributed by atoms with van der Waals surface area (Å²) < 4.78 is 0. The van der Waals surface area contributed by atoms with Gasteiger partial charge in [0.1, 0.15) is 0 Å². The lowest BCUT2D eigenvalue weighted by Gasteiger charge is -2.28. The molecule has 24 heavy (non-hydrogen) atoms. The highest BCUT2D eigenvalue weighted by molar-refractivity contribution is 5.96. The Kier molecular flexibility index (Phi) is 7.88. The molecule has 2 amide bonds. The van der Waals surface area contributed by atoms with Gasteiger partial charge in [-0.3, -0.25) is 9.59 Å². The summed E-state index contributed by atoms with van der Waals surface area (Å²) in [6, 6.07) is 7.13. The number of amides is 2. The molecule has 0 saturated carbocycles. The Morgan fingerprint density at radius 3 is 1.96 bits per heavy atom. The molecule has 4 N–H and O–H groups in total. The summed E-state index contributed by atoms with van der Waals surface area (Å²) in [6.07, 6.45) is 1.84. The van der Waals surface area contributed by atoms with E-state index in [1.165, 1.54) is 0 Å². The van der Waals surface area contributed by atoms with Gasteiger partial charge in [-0.25, -0.2) is 0 Å². The van der Waals surface area contributed by atoms with Gasteiger partial charge in [0.05, 0.1) is 5.41 Å². The van der Waals surface area contributed by atoms with Gasteiger partial charge in [0.25, 0.3) is 0 Å². The maximum absolute atomic E-state index is 12.5. The van der Waals surface area contributed by atoms with Crippen LogP contribution in [0, 0.1) is 5.41 Å². The summed E-state index contributed by atoms with van der Waals surface area (Å²) in [4.78, 5) is 26.2. The second-order valence-corrected chi connectivity index (χ2v) is 6.32. The van der Waals surface area contributed by atoms with Crippen LogP contribution < -0.4 is 16.4 Å². The lowest BCUT2D eigenvalue weighted by atomic mass is 9.81. The molecule has 0 unspecified atom stereocenters. The normalized spacial score (nSPS) is 11.4. The van der Waals surface area contributed by atoms with Crippen LogP contribution in [0.15, 0.2) is 24.3 Å². The number of carbonyl (C=O) groups excluding carboxylic acids is 2. The third kappa shape index (κ3) is 5.62. The quantitative estimate of drug-likeness (QED) is 0.646. The van der Waals surface area contributed by atoms with E-state index in [4.69, 9.17) is 5.73 Å². The van der Waals surface area contributed by atoms with Crippen LogP contribution in [0.4, 0.5) is 11.4 Å². The van der Waals surface area contributed by atoms with Gasteiger partial charge in [0.15, 0.2) is 0 Å². The van der Waals surface area contributed by atoms with Crippen molar-refractivity contribution in [1.29, 1.82) is 0 Å². The van der Waals surface area contributed by atoms with Crippen LogP contribution in [0.2, 0.25) is 0 Å². The van der Waals surface area contributed by atoms with Crippen molar-refractivity contribution in [3.63, 3.8) is 0 Å². The molecule has 6 nitrogen and oxygen atoms in total. The van der Waals surface area contributed by atoms with Crippen molar-refractivity contribution in [1.82, 2.24) is 4.90 Å². The molecular formula is C18H30N4O2. The summed E-state index contributed by atoms with van der Waals surface area (Å²) in [6.45, 7) is 4.98. The average molecular weight is 334 g/mol. The number of nitrogens with one attached hydrogen (secondary N) is 2. The maximum atomic E-state index is 12.5. The van der Waals surface area contributed by atoms with E-state index < -0.39 is 5.41 Å². The fourth-order valence-corrected chi connectivity index (χ4v) is 2.40. The highest BCUT2D eigenvalue weighted by Gasteiger charge is 2.33. The first-order chi connectivity index (χ1) is 11.4. The number of nitrogens with zero attached hydrogens (tertiary/aromatic N) is 1. The fraction of sp³-hybridized carbons (Fsp3) is 0.556. The lowest BCUT2D eigenvalue weighted by Crippen LogP contribution is -2.41. The van der Waals surface area contributed by atoms with Crippen molar-refractivity contribution in [3.05, 3.63) is 24.3 Å². The van der Waals surface area contributed by atoms with Crippen LogP contribution in [0.1, 0.15) is 33.1 Å². The minimum Gasteiger partial charge on any atom is -0.329 e. The van der Waals surface area contributed by atoms with E-state index >= 15 is 0 Å². The highest BCUT2D eigenvalue weighted by atomic mass is 16.2. The summed E-state index contributed by atoms with van der Waals surface area (Å²) in [7, 11) is 3.86. The monoisotopic (exact) mass is 334 g/mol. The van der Waals surface area contributed by atoms with Gasteiger partial charge in [-0.05, 0) is 51.2 Å². The van der Waals surface area contributed by atoms with E-state index in [1.807, 2.05) is 32.8 Å². The molecule has 0 heterocycles. The molecular weight excluding hydrogens is 304 g/mol. The molecule has 0 aliphatic rings. The van der Waals surface area contributed by atoms with E-state index in [0.29, 0.717) is 43.7 Å². The number of rotatable bonds is 9. The lowest BCUT2D eigenvalue weighted by molar-refractivity contribution is -0.125. The third-order valence-corrected chi connectivity index (χ3v) is 4.44. The van der Waals surface area contributed by atoms with Crippen molar-refractivity contribution < 1.29 is 9.59 Å². The molecule has 134 valence electrons. The molecule has 0 atom stereocenters. The van der Waals surface area contributed by atoms with E-state index in [9.17, 15) is 9.59 Å². The van der Waals surface area contributed by atoms with Crippen molar-refractivity contribution >= 4 is 23.2 Å². The van der Waals surface area contributed by atoms with Crippen LogP contribution in [0.25, 0.3) is 0 Å². The number of anilines is 2. The van der Waals surface area contributed by atoms with Gasteiger partial charge in [-0.2, -0.15) is 0 Å². The maximum Gasteiger partial charge on any atom is 0.231 e. The van der Waals surface area contributed by atoms with E-state index in [1.54, 1.807) is 24.3 Å². The van der Waals surface area contributed by atoms with Crippen LogP contribution in [0.5, 0.6) is 0 Å². The van der Waals surface area contributed by atoms with Gasteiger partial charge in [0, 0.05) is 30.9 Å². The zero-order chi connectivity index (χ0) is 18.2. The van der Waals surface area contributed by atoms with Crippen molar-refractivity contribution in [2.75, 3.05) is 37.8 Å². The van der Waals surface area contributed by atoms with Crippen molar-refractivity contribution in [2.45, 2.75) is 33.1 Å². The molecule has 0 saturated heterocycles. The molecule has 0 spiro atoms. The average Bonchev–Trinajstić information content (AvgIpc) is 2.57. The first kappa shape index (κ1) is 20.1. The molecule has 0 radical (unpaired) electrons. The first-order valence-electron chi connectivity index (χ1n) is 8.43.